The molecular weight excluding hydrogens is 680 g/mol. The first kappa shape index (κ1) is 33.6. The summed E-state index contributed by atoms with van der Waals surface area (Å²) in [5.74, 6) is -0.780. The largest absolute Gasteiger partial charge is 0.483 e. The van der Waals surface area contributed by atoms with Gasteiger partial charge in [-0.1, -0.05) is 30.3 Å². The van der Waals surface area contributed by atoms with Gasteiger partial charge < -0.3 is 24.8 Å². The van der Waals surface area contributed by atoms with E-state index in [0.29, 0.717) is 43.3 Å². The van der Waals surface area contributed by atoms with E-state index in [1.165, 1.54) is 12.3 Å². The molecule has 0 radical (unpaired) electrons. The number of ether oxygens (including phenoxy) is 3. The Morgan fingerprint density at radius 2 is 1.93 bits per heavy atom. The molecule has 236 valence electrons. The van der Waals surface area contributed by atoms with E-state index in [0.717, 1.165) is 5.56 Å². The molecule has 0 aromatic heterocycles. The number of thiocarbonyl (C=S) groups is 1. The van der Waals surface area contributed by atoms with Crippen LogP contribution in [0.15, 0.2) is 81.5 Å². The van der Waals surface area contributed by atoms with E-state index in [2.05, 4.69) is 37.1 Å². The van der Waals surface area contributed by atoms with Crippen LogP contribution in [0.25, 0.3) is 0 Å². The molecular formula is C31H27BrN6O7S. The molecule has 1 heterocycles. The third-order valence-electron chi connectivity index (χ3n) is 6.47. The quantitative estimate of drug-likeness (QED) is 0.0782. The number of carbonyl (C=O) groups excluding carboxylic acids is 2. The molecule has 0 fully saturated rings. The van der Waals surface area contributed by atoms with Gasteiger partial charge in [0.25, 0.3) is 5.91 Å². The number of nitrogens with zero attached hydrogens (tertiary/aromatic N) is 3. The normalized spacial score (nSPS) is 14.1. The topological polar surface area (TPSA) is 177 Å². The summed E-state index contributed by atoms with van der Waals surface area (Å²) in [5.41, 5.74) is 4.97. The van der Waals surface area contributed by atoms with Crippen LogP contribution in [-0.4, -0.2) is 41.3 Å². The number of allylic oxidation sites excluding steroid dienone is 1. The molecule has 1 amide bonds. The van der Waals surface area contributed by atoms with Crippen molar-refractivity contribution in [3.63, 3.8) is 0 Å². The number of esters is 1. The number of rotatable bonds is 12. The highest BCUT2D eigenvalue weighted by atomic mass is 79.9. The van der Waals surface area contributed by atoms with Gasteiger partial charge in [-0.3, -0.25) is 14.9 Å². The summed E-state index contributed by atoms with van der Waals surface area (Å²) in [7, 11) is 0. The van der Waals surface area contributed by atoms with Crippen molar-refractivity contribution in [2.75, 3.05) is 13.2 Å². The van der Waals surface area contributed by atoms with Crippen molar-refractivity contribution >= 4 is 57.0 Å². The number of hydrogen-bond donors (Lipinski definition) is 3. The number of halogens is 1. The van der Waals surface area contributed by atoms with E-state index in [1.54, 1.807) is 68.4 Å². The predicted octanol–water partition coefficient (Wildman–Crippen LogP) is 4.69. The number of nitrogens with one attached hydrogen (secondary N) is 3. The molecule has 15 heteroatoms. The maximum atomic E-state index is 12.7. The SMILES string of the molecule is CCOC(=O)C1=C(C)NC(=S)N[C@H]1c1ccccc1OCC(=O)NN=Cc1cc(Br)c(OCc2ccc(C#N)cc2)c([N+](=O)[O-])c1. The average Bonchev–Trinajstić information content (AvgIpc) is 3.03. The molecule has 4 rings (SSSR count). The van der Waals surface area contributed by atoms with Gasteiger partial charge >= 0.3 is 11.7 Å². The van der Waals surface area contributed by atoms with E-state index < -0.39 is 29.4 Å². The fourth-order valence-corrected chi connectivity index (χ4v) is 5.25. The molecule has 3 N–H and O–H groups in total. The first-order valence-corrected chi connectivity index (χ1v) is 14.9. The molecule has 0 saturated heterocycles. The molecule has 0 aliphatic carbocycles. The maximum Gasteiger partial charge on any atom is 0.338 e. The lowest BCUT2D eigenvalue weighted by Crippen LogP contribution is -2.45. The Hall–Kier alpha value is -5.33. The van der Waals surface area contributed by atoms with Crippen molar-refractivity contribution in [3.8, 4) is 17.6 Å². The van der Waals surface area contributed by atoms with Crippen molar-refractivity contribution < 1.29 is 28.7 Å². The molecule has 3 aromatic carbocycles. The van der Waals surface area contributed by atoms with Crippen LogP contribution in [0.4, 0.5) is 5.69 Å². The van der Waals surface area contributed by atoms with Gasteiger partial charge in [0, 0.05) is 22.9 Å². The van der Waals surface area contributed by atoms with Crippen LogP contribution < -0.4 is 25.5 Å². The van der Waals surface area contributed by atoms with Gasteiger partial charge in [0.2, 0.25) is 5.75 Å². The highest BCUT2D eigenvalue weighted by Crippen LogP contribution is 2.37. The Morgan fingerprint density at radius 1 is 1.20 bits per heavy atom. The van der Waals surface area contributed by atoms with Crippen LogP contribution >= 0.6 is 28.1 Å². The van der Waals surface area contributed by atoms with E-state index >= 15 is 0 Å². The second-order valence-electron chi connectivity index (χ2n) is 9.62. The Kier molecular flexibility index (Phi) is 11.4. The van der Waals surface area contributed by atoms with Gasteiger partial charge in [0.1, 0.15) is 12.4 Å². The fraction of sp³-hybridized carbons (Fsp3) is 0.194. The lowest BCUT2D eigenvalue weighted by atomic mass is 9.95. The number of nitro benzene ring substituents is 1. The lowest BCUT2D eigenvalue weighted by Gasteiger charge is -2.30. The van der Waals surface area contributed by atoms with E-state index in [9.17, 15) is 19.7 Å². The standard InChI is InChI=1S/C31H27BrN6O7S/c1-3-43-30(40)27-18(2)35-31(46)36-28(27)22-6-4-5-7-25(22)44-17-26(39)37-34-15-21-12-23(32)29(24(13-21)38(41)42)45-16-20-10-8-19(14-33)9-11-20/h4-13,15,28H,3,16-17H2,1-2H3,(H,37,39)(H2,35,36,46)/t28-/m0/s1. The van der Waals surface area contributed by atoms with E-state index in [-0.39, 0.29) is 24.7 Å². The summed E-state index contributed by atoms with van der Waals surface area (Å²) in [6, 6.07) is 17.7. The number of carbonyl (C=O) groups is 2. The van der Waals surface area contributed by atoms with E-state index in [4.69, 9.17) is 31.7 Å². The van der Waals surface area contributed by atoms with Crippen LogP contribution in [0.5, 0.6) is 11.5 Å². The molecule has 1 aliphatic heterocycles. The number of nitriles is 1. The Bertz CT molecular complexity index is 1770. The molecule has 46 heavy (non-hydrogen) atoms. The van der Waals surface area contributed by atoms with Gasteiger partial charge in [-0.05, 0) is 71.8 Å². The minimum absolute atomic E-state index is 0.0164. The van der Waals surface area contributed by atoms with Crippen molar-refractivity contribution in [1.29, 1.82) is 5.26 Å². The van der Waals surface area contributed by atoms with Crippen molar-refractivity contribution in [2.45, 2.75) is 26.5 Å². The Balaban J connectivity index is 1.41. The second-order valence-corrected chi connectivity index (χ2v) is 10.9. The molecule has 0 unspecified atom stereocenters. The highest BCUT2D eigenvalue weighted by Gasteiger charge is 2.32. The smallest absolute Gasteiger partial charge is 0.338 e. The maximum absolute atomic E-state index is 12.7. The van der Waals surface area contributed by atoms with Gasteiger partial charge in [0.05, 0.1) is 45.5 Å². The number of amides is 1. The zero-order valence-corrected chi connectivity index (χ0v) is 26.9. The highest BCUT2D eigenvalue weighted by molar-refractivity contribution is 9.10. The first-order chi connectivity index (χ1) is 22.1. The molecule has 0 spiro atoms. The van der Waals surface area contributed by atoms with Gasteiger partial charge in [-0.25, -0.2) is 10.2 Å². The average molecular weight is 708 g/mol. The first-order valence-electron chi connectivity index (χ1n) is 13.7. The monoisotopic (exact) mass is 706 g/mol. The minimum atomic E-state index is -0.685. The lowest BCUT2D eigenvalue weighted by molar-refractivity contribution is -0.386. The number of nitro groups is 1. The fourth-order valence-electron chi connectivity index (χ4n) is 4.39. The minimum Gasteiger partial charge on any atom is -0.483 e. The number of hydrazone groups is 1. The molecule has 0 saturated carbocycles. The van der Waals surface area contributed by atoms with Crippen LogP contribution in [0.3, 0.4) is 0 Å². The second kappa shape index (κ2) is 15.6. The summed E-state index contributed by atoms with van der Waals surface area (Å²) in [6.07, 6.45) is 1.24. The van der Waals surface area contributed by atoms with Crippen LogP contribution in [-0.2, 0) is 20.9 Å². The summed E-state index contributed by atoms with van der Waals surface area (Å²) < 4.78 is 17.0. The summed E-state index contributed by atoms with van der Waals surface area (Å²) in [5, 5.41) is 30.9. The molecule has 0 bridgehead atoms. The Morgan fingerprint density at radius 3 is 2.63 bits per heavy atom. The van der Waals surface area contributed by atoms with Crippen LogP contribution in [0, 0.1) is 21.4 Å². The Labute approximate surface area is 277 Å². The molecule has 1 atom stereocenters. The third-order valence-corrected chi connectivity index (χ3v) is 7.27. The third kappa shape index (κ3) is 8.43. The summed E-state index contributed by atoms with van der Waals surface area (Å²) in [6.45, 7) is 3.23. The zero-order chi connectivity index (χ0) is 33.2. The molecule has 1 aliphatic rings. The molecule has 3 aromatic rings. The summed E-state index contributed by atoms with van der Waals surface area (Å²) in [4.78, 5) is 36.5. The van der Waals surface area contributed by atoms with Crippen molar-refractivity contribution in [2.24, 2.45) is 5.10 Å². The van der Waals surface area contributed by atoms with Gasteiger partial charge in [-0.15, -0.1) is 0 Å². The van der Waals surface area contributed by atoms with Crippen LogP contribution in [0.2, 0.25) is 0 Å². The van der Waals surface area contributed by atoms with Gasteiger partial charge in [0.15, 0.2) is 11.7 Å². The van der Waals surface area contributed by atoms with Gasteiger partial charge in [-0.2, -0.15) is 10.4 Å². The van der Waals surface area contributed by atoms with Crippen LogP contribution in [0.1, 0.15) is 42.1 Å². The summed E-state index contributed by atoms with van der Waals surface area (Å²) >= 11 is 8.61. The van der Waals surface area contributed by atoms with Crippen molar-refractivity contribution in [1.82, 2.24) is 16.1 Å². The number of benzene rings is 3. The van der Waals surface area contributed by atoms with E-state index in [1.807, 2.05) is 6.07 Å². The molecule has 13 nitrogen and oxygen atoms in total. The number of hydrogen-bond acceptors (Lipinski definition) is 10. The number of para-hydroxylation sites is 1. The zero-order valence-electron chi connectivity index (χ0n) is 24.5. The predicted molar refractivity (Wildman–Crippen MR) is 175 cm³/mol. The van der Waals surface area contributed by atoms with Crippen molar-refractivity contribution in [3.05, 3.63) is 109 Å².